The molecule has 3 nitrogen and oxygen atoms in total. The standard InChI is InChI=1S/C25H24N2OS2/c1-16-10-12-19(13-11-16)27-24(28)22-20-8-3-4-9-21(20)30-23(22)26-25(27)29-15-18-7-5-6-17(2)14-18/h5-7,10-14H,3-4,8-9,15H2,1-2H3. The van der Waals surface area contributed by atoms with Crippen molar-refractivity contribution in [2.24, 2.45) is 0 Å². The molecule has 5 heteroatoms. The predicted molar refractivity (Wildman–Crippen MR) is 127 cm³/mol. The summed E-state index contributed by atoms with van der Waals surface area (Å²) in [6, 6.07) is 16.7. The molecule has 0 radical (unpaired) electrons. The zero-order valence-electron chi connectivity index (χ0n) is 17.3. The minimum atomic E-state index is 0.0787. The van der Waals surface area contributed by atoms with E-state index in [1.165, 1.54) is 33.6 Å². The molecule has 152 valence electrons. The number of nitrogens with zero attached hydrogens (tertiary/aromatic N) is 2. The molecule has 0 N–H and O–H groups in total. The molecule has 0 amide bonds. The van der Waals surface area contributed by atoms with Crippen LogP contribution in [0.5, 0.6) is 0 Å². The molecule has 0 bridgehead atoms. The third-order valence-corrected chi connectivity index (χ3v) is 7.90. The van der Waals surface area contributed by atoms with Crippen LogP contribution in [0.25, 0.3) is 15.9 Å². The number of fused-ring (bicyclic) bond motifs is 3. The molecule has 2 aromatic carbocycles. The Bertz CT molecular complexity index is 1290. The Morgan fingerprint density at radius 2 is 1.83 bits per heavy atom. The van der Waals surface area contributed by atoms with E-state index in [0.717, 1.165) is 46.1 Å². The van der Waals surface area contributed by atoms with Crippen molar-refractivity contribution in [1.82, 2.24) is 9.55 Å². The second-order valence-electron chi connectivity index (χ2n) is 8.04. The highest BCUT2D eigenvalue weighted by Crippen LogP contribution is 2.35. The maximum atomic E-state index is 13.7. The maximum absolute atomic E-state index is 13.7. The topological polar surface area (TPSA) is 34.9 Å². The Morgan fingerprint density at radius 1 is 1.03 bits per heavy atom. The molecular weight excluding hydrogens is 408 g/mol. The smallest absolute Gasteiger partial charge is 0.267 e. The summed E-state index contributed by atoms with van der Waals surface area (Å²) in [6.45, 7) is 4.17. The van der Waals surface area contributed by atoms with Crippen LogP contribution < -0.4 is 5.56 Å². The lowest BCUT2D eigenvalue weighted by Crippen LogP contribution is -2.22. The van der Waals surface area contributed by atoms with Gasteiger partial charge in [-0.1, -0.05) is 59.3 Å². The van der Waals surface area contributed by atoms with Crippen molar-refractivity contribution >= 4 is 33.3 Å². The minimum absolute atomic E-state index is 0.0787. The first-order valence-electron chi connectivity index (χ1n) is 10.4. The van der Waals surface area contributed by atoms with Gasteiger partial charge in [0.25, 0.3) is 5.56 Å². The first kappa shape index (κ1) is 19.6. The van der Waals surface area contributed by atoms with Gasteiger partial charge in [-0.2, -0.15) is 0 Å². The van der Waals surface area contributed by atoms with Crippen LogP contribution >= 0.6 is 23.1 Å². The first-order chi connectivity index (χ1) is 14.6. The Balaban J connectivity index is 1.66. The van der Waals surface area contributed by atoms with Crippen LogP contribution in [0.1, 0.15) is 40.0 Å². The summed E-state index contributed by atoms with van der Waals surface area (Å²) in [7, 11) is 0. The summed E-state index contributed by atoms with van der Waals surface area (Å²) < 4.78 is 1.82. The van der Waals surface area contributed by atoms with E-state index in [1.54, 1.807) is 23.1 Å². The molecule has 0 atom stereocenters. The molecule has 0 aliphatic heterocycles. The van der Waals surface area contributed by atoms with Crippen LogP contribution in [0, 0.1) is 13.8 Å². The molecule has 0 saturated carbocycles. The van der Waals surface area contributed by atoms with Crippen molar-refractivity contribution in [3.63, 3.8) is 0 Å². The van der Waals surface area contributed by atoms with Crippen LogP contribution in [0.3, 0.4) is 0 Å². The third-order valence-electron chi connectivity index (χ3n) is 5.70. The van der Waals surface area contributed by atoms with Crippen LogP contribution in [0.2, 0.25) is 0 Å². The highest BCUT2D eigenvalue weighted by molar-refractivity contribution is 7.98. The van der Waals surface area contributed by atoms with Crippen LogP contribution in [-0.2, 0) is 18.6 Å². The summed E-state index contributed by atoms with van der Waals surface area (Å²) in [5.74, 6) is 0.788. The SMILES string of the molecule is Cc1ccc(-n2c(SCc3cccc(C)c3)nc3sc4c(c3c2=O)CCCC4)cc1. The Labute approximate surface area is 184 Å². The van der Waals surface area contributed by atoms with Gasteiger partial charge in [0.15, 0.2) is 5.16 Å². The normalized spacial score (nSPS) is 13.5. The van der Waals surface area contributed by atoms with Crippen molar-refractivity contribution < 1.29 is 0 Å². The molecule has 0 spiro atoms. The highest BCUT2D eigenvalue weighted by Gasteiger charge is 2.22. The van der Waals surface area contributed by atoms with E-state index in [-0.39, 0.29) is 5.56 Å². The predicted octanol–water partition coefficient (Wildman–Crippen LogP) is 6.24. The number of thiophene rings is 1. The number of benzene rings is 2. The second kappa shape index (κ2) is 8.05. The third kappa shape index (κ3) is 3.61. The van der Waals surface area contributed by atoms with E-state index in [9.17, 15) is 4.79 Å². The average molecular weight is 433 g/mol. The van der Waals surface area contributed by atoms with Gasteiger partial charge in [0, 0.05) is 10.6 Å². The van der Waals surface area contributed by atoms with Gasteiger partial charge in [0.1, 0.15) is 4.83 Å². The van der Waals surface area contributed by atoms with E-state index >= 15 is 0 Å². The summed E-state index contributed by atoms with van der Waals surface area (Å²) in [4.78, 5) is 21.0. The molecule has 1 aliphatic carbocycles. The average Bonchev–Trinajstić information content (AvgIpc) is 3.12. The fourth-order valence-corrected chi connectivity index (χ4v) is 6.41. The molecule has 0 saturated heterocycles. The quantitative estimate of drug-likeness (QED) is 0.283. The first-order valence-corrected chi connectivity index (χ1v) is 12.2. The lowest BCUT2D eigenvalue weighted by molar-refractivity contribution is 0.699. The maximum Gasteiger partial charge on any atom is 0.267 e. The number of aromatic nitrogens is 2. The molecule has 4 aromatic rings. The zero-order valence-corrected chi connectivity index (χ0v) is 18.9. The van der Waals surface area contributed by atoms with Gasteiger partial charge in [-0.3, -0.25) is 9.36 Å². The van der Waals surface area contributed by atoms with E-state index in [2.05, 4.69) is 50.2 Å². The molecule has 0 fully saturated rings. The van der Waals surface area contributed by atoms with Gasteiger partial charge in [0.2, 0.25) is 0 Å². The van der Waals surface area contributed by atoms with Crippen LogP contribution in [-0.4, -0.2) is 9.55 Å². The van der Waals surface area contributed by atoms with Crippen molar-refractivity contribution in [1.29, 1.82) is 0 Å². The fourth-order valence-electron chi connectivity index (χ4n) is 4.15. The number of rotatable bonds is 4. The van der Waals surface area contributed by atoms with E-state index in [1.807, 2.05) is 16.7 Å². The van der Waals surface area contributed by atoms with Crippen molar-refractivity contribution in [2.45, 2.75) is 50.4 Å². The fraction of sp³-hybridized carbons (Fsp3) is 0.280. The molecular formula is C25H24N2OS2. The largest absolute Gasteiger partial charge is 0.268 e. The van der Waals surface area contributed by atoms with Gasteiger partial charge >= 0.3 is 0 Å². The lowest BCUT2D eigenvalue weighted by atomic mass is 9.97. The monoisotopic (exact) mass is 432 g/mol. The summed E-state index contributed by atoms with van der Waals surface area (Å²) >= 11 is 3.36. The molecule has 1 aliphatic rings. The van der Waals surface area contributed by atoms with E-state index in [0.29, 0.717) is 0 Å². The minimum Gasteiger partial charge on any atom is -0.268 e. The summed E-state index contributed by atoms with van der Waals surface area (Å²) in [6.07, 6.45) is 4.44. The Kier molecular flexibility index (Phi) is 5.25. The van der Waals surface area contributed by atoms with Gasteiger partial charge < -0.3 is 0 Å². The zero-order chi connectivity index (χ0) is 20.7. The van der Waals surface area contributed by atoms with Crippen molar-refractivity contribution in [3.8, 4) is 5.69 Å². The second-order valence-corrected chi connectivity index (χ2v) is 10.1. The molecule has 2 heterocycles. The molecule has 2 aromatic heterocycles. The van der Waals surface area contributed by atoms with Crippen LogP contribution in [0.4, 0.5) is 0 Å². The molecule has 5 rings (SSSR count). The van der Waals surface area contributed by atoms with Gasteiger partial charge in [-0.05, 0) is 62.8 Å². The summed E-state index contributed by atoms with van der Waals surface area (Å²) in [5, 5.41) is 1.62. The molecule has 0 unspecified atom stereocenters. The van der Waals surface area contributed by atoms with Gasteiger partial charge in [-0.15, -0.1) is 11.3 Å². The Morgan fingerprint density at radius 3 is 2.63 bits per heavy atom. The van der Waals surface area contributed by atoms with E-state index < -0.39 is 0 Å². The van der Waals surface area contributed by atoms with Crippen molar-refractivity contribution in [3.05, 3.63) is 86.0 Å². The lowest BCUT2D eigenvalue weighted by Gasteiger charge is -2.14. The number of aryl methyl sites for hydroxylation is 4. The highest BCUT2D eigenvalue weighted by atomic mass is 32.2. The number of hydrogen-bond acceptors (Lipinski definition) is 4. The Hall–Kier alpha value is -2.37. The van der Waals surface area contributed by atoms with Gasteiger partial charge in [-0.25, -0.2) is 4.98 Å². The van der Waals surface area contributed by atoms with Gasteiger partial charge in [0.05, 0.1) is 11.1 Å². The van der Waals surface area contributed by atoms with Crippen molar-refractivity contribution in [2.75, 3.05) is 0 Å². The van der Waals surface area contributed by atoms with E-state index in [4.69, 9.17) is 4.98 Å². The summed E-state index contributed by atoms with van der Waals surface area (Å²) in [5.41, 5.74) is 5.89. The molecule has 30 heavy (non-hydrogen) atoms. The van der Waals surface area contributed by atoms with Crippen LogP contribution in [0.15, 0.2) is 58.5 Å². The number of thioether (sulfide) groups is 1. The number of hydrogen-bond donors (Lipinski definition) is 0.